The van der Waals surface area contributed by atoms with E-state index in [-0.39, 0.29) is 11.5 Å². The summed E-state index contributed by atoms with van der Waals surface area (Å²) in [4.78, 5) is 29.3. The van der Waals surface area contributed by atoms with Crippen LogP contribution in [0.2, 0.25) is 0 Å². The number of aromatic amines is 1. The first-order valence-electron chi connectivity index (χ1n) is 11.7. The highest BCUT2D eigenvalue weighted by atomic mass is 16.3. The number of hydrogen-bond donors (Lipinski definition) is 1. The van der Waals surface area contributed by atoms with Crippen LogP contribution >= 0.6 is 0 Å². The predicted octanol–water partition coefficient (Wildman–Crippen LogP) is 3.84. The van der Waals surface area contributed by atoms with Crippen LogP contribution in [0, 0.1) is 11.3 Å². The lowest BCUT2D eigenvalue weighted by molar-refractivity contribution is -0.128. The molecule has 5 heterocycles. The van der Waals surface area contributed by atoms with Gasteiger partial charge in [-0.15, -0.1) is 0 Å². The van der Waals surface area contributed by atoms with Crippen molar-refractivity contribution in [2.45, 2.75) is 0 Å². The second-order valence-electron chi connectivity index (χ2n) is 8.81. The SMILES string of the molecule is CN1CCN(C(=O)/C(C#N)=C/c2ccc(-c3nc4cnc5[nH]ccc5c4n3-c3ccccc3)o2)CC1. The van der Waals surface area contributed by atoms with Crippen molar-refractivity contribution in [1.82, 2.24) is 29.3 Å². The van der Waals surface area contributed by atoms with E-state index in [9.17, 15) is 10.1 Å². The summed E-state index contributed by atoms with van der Waals surface area (Å²) in [7, 11) is 2.02. The molecule has 0 unspecified atom stereocenters. The molecule has 178 valence electrons. The van der Waals surface area contributed by atoms with Crippen LogP contribution in [0.15, 0.2) is 70.9 Å². The molecule has 0 aliphatic carbocycles. The van der Waals surface area contributed by atoms with Gasteiger partial charge in [-0.2, -0.15) is 5.26 Å². The highest BCUT2D eigenvalue weighted by Gasteiger charge is 2.23. The summed E-state index contributed by atoms with van der Waals surface area (Å²) >= 11 is 0. The Labute approximate surface area is 206 Å². The van der Waals surface area contributed by atoms with Crippen molar-refractivity contribution in [1.29, 1.82) is 5.26 Å². The zero-order chi connectivity index (χ0) is 24.6. The van der Waals surface area contributed by atoms with Gasteiger partial charge < -0.3 is 19.2 Å². The highest BCUT2D eigenvalue weighted by molar-refractivity contribution is 6.03. The molecular weight excluding hydrogens is 454 g/mol. The molecule has 1 saturated heterocycles. The molecule has 0 spiro atoms. The van der Waals surface area contributed by atoms with E-state index >= 15 is 0 Å². The van der Waals surface area contributed by atoms with Crippen molar-refractivity contribution >= 4 is 34.1 Å². The topological polar surface area (TPSA) is 107 Å². The fourth-order valence-electron chi connectivity index (χ4n) is 4.58. The zero-order valence-corrected chi connectivity index (χ0v) is 19.7. The van der Waals surface area contributed by atoms with Gasteiger partial charge in [0.05, 0.1) is 11.7 Å². The Hall–Kier alpha value is -4.68. The maximum atomic E-state index is 12.9. The number of hydrogen-bond acceptors (Lipinski definition) is 6. The number of nitrogens with one attached hydrogen (secondary N) is 1. The quantitative estimate of drug-likeness (QED) is 0.311. The van der Waals surface area contributed by atoms with Gasteiger partial charge in [-0.05, 0) is 37.4 Å². The number of amides is 1. The average Bonchev–Trinajstić information content (AvgIpc) is 3.65. The molecule has 4 aromatic heterocycles. The predicted molar refractivity (Wildman–Crippen MR) is 136 cm³/mol. The number of carbonyl (C=O) groups is 1. The number of nitrogens with zero attached hydrogens (tertiary/aromatic N) is 6. The Morgan fingerprint density at radius 1 is 1.11 bits per heavy atom. The molecule has 0 atom stereocenters. The Balaban J connectivity index is 1.42. The molecule has 0 bridgehead atoms. The second-order valence-corrected chi connectivity index (χ2v) is 8.81. The van der Waals surface area contributed by atoms with Gasteiger partial charge in [0.25, 0.3) is 5.91 Å². The van der Waals surface area contributed by atoms with E-state index in [2.05, 4.69) is 14.9 Å². The number of piperazine rings is 1. The standard InChI is InChI=1S/C27H23N7O2/c1-32-11-13-33(14-12-32)27(35)18(16-28)15-20-7-8-23(36-20)26-31-22-17-30-25-21(9-10-29-25)24(22)34(26)19-5-3-2-4-6-19/h2-10,15,17H,11-14H2,1H3,(H,29,30)/b18-15+. The largest absolute Gasteiger partial charge is 0.453 e. The van der Waals surface area contributed by atoms with E-state index in [0.29, 0.717) is 30.4 Å². The number of likely N-dealkylation sites (N-methyl/N-ethyl adjacent to an activating group) is 1. The molecule has 9 nitrogen and oxygen atoms in total. The number of para-hydroxylation sites is 1. The minimum Gasteiger partial charge on any atom is -0.453 e. The fraction of sp³-hybridized carbons (Fsp3) is 0.185. The van der Waals surface area contributed by atoms with Gasteiger partial charge >= 0.3 is 0 Å². The van der Waals surface area contributed by atoms with Crippen molar-refractivity contribution in [2.24, 2.45) is 0 Å². The summed E-state index contributed by atoms with van der Waals surface area (Å²) in [5, 5.41) is 10.6. The van der Waals surface area contributed by atoms with Gasteiger partial charge in [0.1, 0.15) is 28.6 Å². The maximum absolute atomic E-state index is 12.9. The number of pyridine rings is 1. The molecule has 36 heavy (non-hydrogen) atoms. The molecule has 6 rings (SSSR count). The van der Waals surface area contributed by atoms with Crippen LogP contribution in [-0.2, 0) is 4.79 Å². The molecule has 5 aromatic rings. The van der Waals surface area contributed by atoms with Crippen LogP contribution in [0.3, 0.4) is 0 Å². The van der Waals surface area contributed by atoms with Gasteiger partial charge in [0.15, 0.2) is 11.6 Å². The minimum absolute atomic E-state index is 0.0512. The summed E-state index contributed by atoms with van der Waals surface area (Å²) in [5.41, 5.74) is 3.40. The van der Waals surface area contributed by atoms with Crippen molar-refractivity contribution < 1.29 is 9.21 Å². The monoisotopic (exact) mass is 477 g/mol. The molecular formula is C27H23N7O2. The molecule has 1 aromatic carbocycles. The van der Waals surface area contributed by atoms with Crippen LogP contribution in [-0.4, -0.2) is 68.5 Å². The van der Waals surface area contributed by atoms with Crippen LogP contribution in [0.25, 0.3) is 45.4 Å². The first-order valence-corrected chi connectivity index (χ1v) is 11.7. The van der Waals surface area contributed by atoms with Crippen LogP contribution in [0.4, 0.5) is 0 Å². The number of carbonyl (C=O) groups excluding carboxylic acids is 1. The van der Waals surface area contributed by atoms with Crippen molar-refractivity contribution in [3.63, 3.8) is 0 Å². The van der Waals surface area contributed by atoms with Crippen LogP contribution in [0.5, 0.6) is 0 Å². The maximum Gasteiger partial charge on any atom is 0.264 e. The smallest absolute Gasteiger partial charge is 0.264 e. The zero-order valence-electron chi connectivity index (χ0n) is 19.7. The average molecular weight is 478 g/mol. The van der Waals surface area contributed by atoms with E-state index < -0.39 is 0 Å². The molecule has 1 N–H and O–H groups in total. The lowest BCUT2D eigenvalue weighted by Gasteiger charge is -2.32. The van der Waals surface area contributed by atoms with Crippen molar-refractivity contribution in [3.8, 4) is 23.3 Å². The number of rotatable bonds is 4. The lowest BCUT2D eigenvalue weighted by atomic mass is 10.2. The van der Waals surface area contributed by atoms with Gasteiger partial charge in [0, 0.05) is 49.5 Å². The van der Waals surface area contributed by atoms with Gasteiger partial charge in [-0.3, -0.25) is 9.36 Å². The van der Waals surface area contributed by atoms with E-state index in [1.54, 1.807) is 17.2 Å². The summed E-state index contributed by atoms with van der Waals surface area (Å²) in [6.45, 7) is 2.77. The number of nitriles is 1. The third kappa shape index (κ3) is 3.74. The number of aromatic nitrogens is 4. The lowest BCUT2D eigenvalue weighted by Crippen LogP contribution is -2.47. The Morgan fingerprint density at radius 2 is 1.92 bits per heavy atom. The van der Waals surface area contributed by atoms with E-state index in [4.69, 9.17) is 9.40 Å². The Bertz CT molecular complexity index is 1640. The fourth-order valence-corrected chi connectivity index (χ4v) is 4.58. The number of furan rings is 1. The van der Waals surface area contributed by atoms with Crippen LogP contribution < -0.4 is 0 Å². The molecule has 0 radical (unpaired) electrons. The van der Waals surface area contributed by atoms with E-state index in [0.717, 1.165) is 40.8 Å². The summed E-state index contributed by atoms with van der Waals surface area (Å²) in [6.07, 6.45) is 5.10. The molecule has 0 saturated carbocycles. The van der Waals surface area contributed by atoms with Gasteiger partial charge in [-0.25, -0.2) is 9.97 Å². The van der Waals surface area contributed by atoms with Gasteiger partial charge in [-0.1, -0.05) is 18.2 Å². The number of H-pyrrole nitrogens is 1. The third-order valence-electron chi connectivity index (χ3n) is 6.49. The summed E-state index contributed by atoms with van der Waals surface area (Å²) in [6, 6.07) is 17.5. The van der Waals surface area contributed by atoms with Crippen LogP contribution in [0.1, 0.15) is 5.76 Å². The molecule has 1 amide bonds. The van der Waals surface area contributed by atoms with Crippen molar-refractivity contribution in [2.75, 3.05) is 33.2 Å². The Kier molecular flexibility index (Phi) is 5.36. The first-order chi connectivity index (χ1) is 17.6. The summed E-state index contributed by atoms with van der Waals surface area (Å²) in [5.74, 6) is 1.27. The number of benzene rings is 1. The molecule has 1 aliphatic heterocycles. The van der Waals surface area contributed by atoms with E-state index in [1.807, 2.05) is 66.3 Å². The van der Waals surface area contributed by atoms with Gasteiger partial charge in [0.2, 0.25) is 0 Å². The number of fused-ring (bicyclic) bond motifs is 3. The Morgan fingerprint density at radius 3 is 2.69 bits per heavy atom. The number of imidazole rings is 1. The van der Waals surface area contributed by atoms with Crippen molar-refractivity contribution in [3.05, 3.63) is 72.3 Å². The van der Waals surface area contributed by atoms with E-state index in [1.165, 1.54) is 6.08 Å². The first kappa shape index (κ1) is 21.8. The minimum atomic E-state index is -0.277. The second kappa shape index (κ2) is 8.83. The third-order valence-corrected chi connectivity index (χ3v) is 6.49. The molecule has 1 aliphatic rings. The highest BCUT2D eigenvalue weighted by Crippen LogP contribution is 2.33. The summed E-state index contributed by atoms with van der Waals surface area (Å²) < 4.78 is 8.17. The molecule has 9 heteroatoms. The normalized spacial score (nSPS) is 15.0. The molecule has 1 fully saturated rings.